The normalized spacial score (nSPS) is 23.8. The van der Waals surface area contributed by atoms with Crippen LogP contribution in [0, 0.1) is 18.3 Å². The molecule has 0 aromatic heterocycles. The molecular weight excluding hydrogens is 234 g/mol. The number of hydrogen-bond acceptors (Lipinski definition) is 3. The highest BCUT2D eigenvalue weighted by Crippen LogP contribution is 2.30. The Morgan fingerprint density at radius 1 is 1.21 bits per heavy atom. The summed E-state index contributed by atoms with van der Waals surface area (Å²) in [5.74, 6) is 0. The van der Waals surface area contributed by atoms with Crippen LogP contribution in [0.4, 0.5) is 5.69 Å². The van der Waals surface area contributed by atoms with Gasteiger partial charge in [-0.15, -0.1) is 0 Å². The third-order valence-corrected chi connectivity index (χ3v) is 4.49. The first-order valence-electron chi connectivity index (χ1n) is 7.28. The van der Waals surface area contributed by atoms with Gasteiger partial charge in [0, 0.05) is 19.1 Å². The van der Waals surface area contributed by atoms with Crippen LogP contribution in [-0.4, -0.2) is 37.1 Å². The minimum Gasteiger partial charge on any atom is -0.369 e. The van der Waals surface area contributed by atoms with Crippen LogP contribution < -0.4 is 4.90 Å². The summed E-state index contributed by atoms with van der Waals surface area (Å²) in [5, 5.41) is 9.29. The number of para-hydroxylation sites is 1. The Morgan fingerprint density at radius 2 is 2.00 bits per heavy atom. The molecule has 1 aromatic rings. The van der Waals surface area contributed by atoms with Gasteiger partial charge in [-0.3, -0.25) is 4.90 Å². The number of benzene rings is 1. The van der Waals surface area contributed by atoms with E-state index in [0.29, 0.717) is 6.04 Å². The smallest absolute Gasteiger partial charge is 0.101 e. The average molecular weight is 255 g/mol. The van der Waals surface area contributed by atoms with Crippen molar-refractivity contribution in [3.05, 3.63) is 29.3 Å². The van der Waals surface area contributed by atoms with Gasteiger partial charge in [-0.1, -0.05) is 12.1 Å². The van der Waals surface area contributed by atoms with Crippen molar-refractivity contribution in [1.82, 2.24) is 4.90 Å². The monoisotopic (exact) mass is 255 g/mol. The summed E-state index contributed by atoms with van der Waals surface area (Å²) in [5.41, 5.74) is 3.20. The van der Waals surface area contributed by atoms with Crippen LogP contribution in [0.1, 0.15) is 30.4 Å². The van der Waals surface area contributed by atoms with Crippen LogP contribution in [0.15, 0.2) is 18.2 Å². The summed E-state index contributed by atoms with van der Waals surface area (Å²) < 4.78 is 0. The molecule has 2 fully saturated rings. The zero-order chi connectivity index (χ0) is 13.2. The highest BCUT2D eigenvalue weighted by atomic mass is 15.3. The molecule has 3 rings (SSSR count). The lowest BCUT2D eigenvalue weighted by molar-refractivity contribution is 0.260. The molecule has 0 N–H and O–H groups in total. The second kappa shape index (κ2) is 5.22. The second-order valence-electron chi connectivity index (χ2n) is 5.71. The third-order valence-electron chi connectivity index (χ3n) is 4.49. The largest absolute Gasteiger partial charge is 0.369 e. The van der Waals surface area contributed by atoms with E-state index in [2.05, 4.69) is 28.9 Å². The Kier molecular flexibility index (Phi) is 3.44. The zero-order valence-electron chi connectivity index (χ0n) is 11.6. The van der Waals surface area contributed by atoms with E-state index in [1.54, 1.807) is 0 Å². The van der Waals surface area contributed by atoms with E-state index >= 15 is 0 Å². The van der Waals surface area contributed by atoms with E-state index in [-0.39, 0.29) is 0 Å². The number of likely N-dealkylation sites (tertiary alicyclic amines) is 1. The molecule has 0 bridgehead atoms. The maximum absolute atomic E-state index is 9.29. The molecule has 100 valence electrons. The van der Waals surface area contributed by atoms with Gasteiger partial charge >= 0.3 is 0 Å². The molecule has 0 saturated carbocycles. The van der Waals surface area contributed by atoms with Gasteiger partial charge in [-0.25, -0.2) is 0 Å². The van der Waals surface area contributed by atoms with Crippen LogP contribution in [-0.2, 0) is 0 Å². The summed E-state index contributed by atoms with van der Waals surface area (Å²) in [6.45, 7) is 6.80. The predicted molar refractivity (Wildman–Crippen MR) is 77.3 cm³/mol. The molecule has 1 unspecified atom stereocenters. The van der Waals surface area contributed by atoms with Crippen molar-refractivity contribution >= 4 is 5.69 Å². The molecular formula is C16H21N3. The van der Waals surface area contributed by atoms with Crippen molar-refractivity contribution in [2.75, 3.05) is 31.1 Å². The Hall–Kier alpha value is -1.53. The van der Waals surface area contributed by atoms with Gasteiger partial charge in [-0.05, 0) is 50.9 Å². The predicted octanol–water partition coefficient (Wildman–Crippen LogP) is 2.54. The molecule has 2 heterocycles. The number of hydrogen-bond donors (Lipinski definition) is 0. The zero-order valence-corrected chi connectivity index (χ0v) is 11.6. The molecule has 3 nitrogen and oxygen atoms in total. The third kappa shape index (κ3) is 2.33. The molecule has 2 aliphatic heterocycles. The van der Waals surface area contributed by atoms with Gasteiger partial charge in [0.1, 0.15) is 6.07 Å². The highest BCUT2D eigenvalue weighted by molar-refractivity contribution is 5.64. The summed E-state index contributed by atoms with van der Waals surface area (Å²) in [6, 6.07) is 9.06. The number of nitrogens with zero attached hydrogens (tertiary/aromatic N) is 3. The molecule has 0 spiro atoms. The molecule has 3 heteroatoms. The number of rotatable bonds is 2. The van der Waals surface area contributed by atoms with Crippen LogP contribution in [0.5, 0.6) is 0 Å². The Bertz CT molecular complexity index is 497. The first kappa shape index (κ1) is 12.5. The summed E-state index contributed by atoms with van der Waals surface area (Å²) in [4.78, 5) is 5.04. The molecule has 0 radical (unpaired) electrons. The molecule has 1 atom stereocenters. The van der Waals surface area contributed by atoms with Crippen molar-refractivity contribution in [2.24, 2.45) is 0 Å². The van der Waals surface area contributed by atoms with Gasteiger partial charge in [0.15, 0.2) is 0 Å². The summed E-state index contributed by atoms with van der Waals surface area (Å²) in [7, 11) is 0. The lowest BCUT2D eigenvalue weighted by Crippen LogP contribution is -2.35. The Labute approximate surface area is 115 Å². The molecule has 0 amide bonds. The Balaban J connectivity index is 1.79. The van der Waals surface area contributed by atoms with Crippen molar-refractivity contribution in [3.8, 4) is 6.07 Å². The van der Waals surface area contributed by atoms with E-state index in [9.17, 15) is 5.26 Å². The quantitative estimate of drug-likeness (QED) is 0.813. The van der Waals surface area contributed by atoms with Crippen LogP contribution in [0.3, 0.4) is 0 Å². The lowest BCUT2D eigenvalue weighted by Gasteiger charge is -2.25. The van der Waals surface area contributed by atoms with E-state index in [1.165, 1.54) is 37.9 Å². The molecule has 2 saturated heterocycles. The molecule has 1 aromatic carbocycles. The van der Waals surface area contributed by atoms with Crippen LogP contribution >= 0.6 is 0 Å². The van der Waals surface area contributed by atoms with Gasteiger partial charge in [-0.2, -0.15) is 5.26 Å². The van der Waals surface area contributed by atoms with Crippen LogP contribution in [0.2, 0.25) is 0 Å². The van der Waals surface area contributed by atoms with Crippen molar-refractivity contribution in [2.45, 2.75) is 32.2 Å². The highest BCUT2D eigenvalue weighted by Gasteiger charge is 2.30. The SMILES string of the molecule is Cc1cccc(C#N)c1N1CCC(N2CCCC2)C1. The fourth-order valence-corrected chi connectivity index (χ4v) is 3.52. The number of anilines is 1. The topological polar surface area (TPSA) is 30.3 Å². The van der Waals surface area contributed by atoms with E-state index in [1.807, 2.05) is 12.1 Å². The first-order chi connectivity index (χ1) is 9.29. The second-order valence-corrected chi connectivity index (χ2v) is 5.71. The van der Waals surface area contributed by atoms with Gasteiger partial charge in [0.05, 0.1) is 11.3 Å². The fraction of sp³-hybridized carbons (Fsp3) is 0.562. The minimum atomic E-state index is 0.689. The van der Waals surface area contributed by atoms with Crippen LogP contribution in [0.25, 0.3) is 0 Å². The lowest BCUT2D eigenvalue weighted by atomic mass is 10.1. The Morgan fingerprint density at radius 3 is 2.74 bits per heavy atom. The van der Waals surface area contributed by atoms with Gasteiger partial charge in [0.2, 0.25) is 0 Å². The first-order valence-corrected chi connectivity index (χ1v) is 7.28. The number of aryl methyl sites for hydroxylation is 1. The van der Waals surface area contributed by atoms with Gasteiger partial charge in [0.25, 0.3) is 0 Å². The van der Waals surface area contributed by atoms with E-state index < -0.39 is 0 Å². The summed E-state index contributed by atoms with van der Waals surface area (Å²) in [6.07, 6.45) is 3.94. The molecule has 2 aliphatic rings. The van der Waals surface area contributed by atoms with Gasteiger partial charge < -0.3 is 4.90 Å². The molecule has 19 heavy (non-hydrogen) atoms. The maximum atomic E-state index is 9.29. The molecule has 0 aliphatic carbocycles. The van der Waals surface area contributed by atoms with Crippen molar-refractivity contribution < 1.29 is 0 Å². The minimum absolute atomic E-state index is 0.689. The van der Waals surface area contributed by atoms with Crippen molar-refractivity contribution in [3.63, 3.8) is 0 Å². The fourth-order valence-electron chi connectivity index (χ4n) is 3.52. The van der Waals surface area contributed by atoms with E-state index in [0.717, 1.165) is 24.3 Å². The van der Waals surface area contributed by atoms with E-state index in [4.69, 9.17) is 0 Å². The standard InChI is InChI=1S/C16H21N3/c1-13-5-4-6-14(11-17)16(13)19-10-7-15(12-19)18-8-2-3-9-18/h4-6,15H,2-3,7-10,12H2,1H3. The maximum Gasteiger partial charge on any atom is 0.101 e. The number of nitriles is 1. The van der Waals surface area contributed by atoms with Crippen molar-refractivity contribution in [1.29, 1.82) is 5.26 Å². The summed E-state index contributed by atoms with van der Waals surface area (Å²) >= 11 is 0. The average Bonchev–Trinajstić information content (AvgIpc) is 3.08.